The number of allylic oxidation sites excluding steroid dienone is 1. The summed E-state index contributed by atoms with van der Waals surface area (Å²) in [5.74, 6) is 2.01. The maximum Gasteiger partial charge on any atom is 0.211 e. The number of piperazine rings is 1. The second-order valence-corrected chi connectivity index (χ2v) is 13.7. The van der Waals surface area contributed by atoms with Gasteiger partial charge in [-0.05, 0) is 112 Å². The molecule has 2 aromatic carbocycles. The molecular weight excluding hydrogens is 558 g/mol. The van der Waals surface area contributed by atoms with Crippen molar-refractivity contribution in [1.29, 1.82) is 0 Å². The Hall–Kier alpha value is -2.87. The average Bonchev–Trinajstić information content (AvgIpc) is 3.76. The minimum absolute atomic E-state index is 0.229. The van der Waals surface area contributed by atoms with Crippen molar-refractivity contribution in [3.63, 3.8) is 0 Å². The highest BCUT2D eigenvalue weighted by molar-refractivity contribution is 6.01. The first-order valence-corrected chi connectivity index (χ1v) is 17.6. The number of anilines is 1. The van der Waals surface area contributed by atoms with Crippen LogP contribution in [0.15, 0.2) is 64.5 Å². The molecule has 0 amide bonds. The van der Waals surface area contributed by atoms with Crippen LogP contribution in [0.3, 0.4) is 0 Å². The van der Waals surface area contributed by atoms with Gasteiger partial charge in [-0.1, -0.05) is 44.2 Å². The van der Waals surface area contributed by atoms with Gasteiger partial charge in [0.05, 0.1) is 5.54 Å². The Morgan fingerprint density at radius 1 is 1.02 bits per heavy atom. The third-order valence-electron chi connectivity index (χ3n) is 10.9. The molecule has 2 aromatic rings. The van der Waals surface area contributed by atoms with Gasteiger partial charge in [0.15, 0.2) is 0 Å². The number of nitrogens with zero attached hydrogens (tertiary/aromatic N) is 4. The van der Waals surface area contributed by atoms with Crippen LogP contribution in [0.5, 0.6) is 0 Å². The van der Waals surface area contributed by atoms with E-state index < -0.39 is 0 Å². The van der Waals surface area contributed by atoms with E-state index >= 15 is 0 Å². The van der Waals surface area contributed by atoms with Crippen molar-refractivity contribution < 1.29 is 9.84 Å². The van der Waals surface area contributed by atoms with Crippen LogP contribution in [-0.4, -0.2) is 91.3 Å². The fourth-order valence-electron chi connectivity index (χ4n) is 8.77. The first-order chi connectivity index (χ1) is 22.1. The van der Waals surface area contributed by atoms with Crippen LogP contribution in [0.1, 0.15) is 77.7 Å². The largest absolute Gasteiger partial charge is 0.476 e. The molecule has 0 saturated carbocycles. The number of hydrogen-bond donors (Lipinski definition) is 2. The molecule has 0 spiro atoms. The first kappa shape index (κ1) is 32.1. The average molecular weight is 614 g/mol. The van der Waals surface area contributed by atoms with Crippen molar-refractivity contribution in [2.45, 2.75) is 96.2 Å². The predicted molar refractivity (Wildman–Crippen MR) is 187 cm³/mol. The molecule has 4 fully saturated rings. The van der Waals surface area contributed by atoms with Crippen molar-refractivity contribution >= 4 is 22.3 Å². The minimum atomic E-state index is 0.229. The zero-order valence-corrected chi connectivity index (χ0v) is 28.2. The van der Waals surface area contributed by atoms with Crippen LogP contribution in [-0.2, 0) is 11.2 Å². The highest BCUT2D eigenvalue weighted by Crippen LogP contribution is 2.40. The summed E-state index contributed by atoms with van der Waals surface area (Å²) in [4.78, 5) is 13.4. The number of rotatable bonds is 8. The van der Waals surface area contributed by atoms with E-state index in [0.29, 0.717) is 12.1 Å². The van der Waals surface area contributed by atoms with E-state index in [9.17, 15) is 0 Å². The maximum absolute atomic E-state index is 7.00. The molecule has 0 radical (unpaired) electrons. The van der Waals surface area contributed by atoms with E-state index in [1.165, 1.54) is 90.6 Å². The Bertz CT molecular complexity index is 1400. The van der Waals surface area contributed by atoms with E-state index in [4.69, 9.17) is 14.8 Å². The van der Waals surface area contributed by atoms with Gasteiger partial charge < -0.3 is 25.0 Å². The number of aliphatic imine (C=N–C) groups is 1. The minimum Gasteiger partial charge on any atom is -0.476 e. The molecular formula is C38H55N5O2. The summed E-state index contributed by atoms with van der Waals surface area (Å²) >= 11 is 0. The molecule has 2 unspecified atom stereocenters. The molecule has 0 aromatic heterocycles. The highest BCUT2D eigenvalue weighted by atomic mass is 16.5. The topological polar surface area (TPSA) is 63.6 Å². The second kappa shape index (κ2) is 14.3. The molecule has 5 aliphatic rings. The number of aliphatic hydroxyl groups excluding tert-OH is 1. The maximum atomic E-state index is 7.00. The van der Waals surface area contributed by atoms with Crippen molar-refractivity contribution in [1.82, 2.24) is 15.1 Å². The fraction of sp³-hybridized carbons (Fsp3) is 0.605. The lowest BCUT2D eigenvalue weighted by Crippen LogP contribution is -2.54. The third kappa shape index (κ3) is 6.54. The summed E-state index contributed by atoms with van der Waals surface area (Å²) in [6, 6.07) is 14.7. The molecule has 7 nitrogen and oxygen atoms in total. The monoisotopic (exact) mass is 613 g/mol. The molecule has 244 valence electrons. The van der Waals surface area contributed by atoms with Crippen LogP contribution in [0.4, 0.5) is 5.69 Å². The summed E-state index contributed by atoms with van der Waals surface area (Å²) in [7, 11) is 1.00. The molecule has 7 heteroatoms. The predicted octanol–water partition coefficient (Wildman–Crippen LogP) is 6.27. The smallest absolute Gasteiger partial charge is 0.211 e. The highest BCUT2D eigenvalue weighted by Gasteiger charge is 2.45. The van der Waals surface area contributed by atoms with Gasteiger partial charge in [-0.25, -0.2) is 0 Å². The van der Waals surface area contributed by atoms with Gasteiger partial charge in [-0.3, -0.25) is 4.90 Å². The number of aryl methyl sites for hydroxylation is 1. The van der Waals surface area contributed by atoms with Crippen LogP contribution in [0.25, 0.3) is 10.8 Å². The Balaban J connectivity index is 0.00000175. The number of hydrogen-bond acceptors (Lipinski definition) is 6. The molecule has 45 heavy (non-hydrogen) atoms. The standard InChI is InChI=1S/C37H51N5O.CH4O/c1-4-10-34(43-26-37-18-8-20-42(37)21-9-19-37)39-36(41-24-30-15-16-31(25-41)38-30)32-17-22-40(23-27(32)3)33-14-7-13-29-12-6-11-28(5-2)35(29)33;1-2/h6-7,10-14,30-31,38H,4-5,8-9,15-26H2,1-3H3;2H,1H3/b34-10-,39-36+;. The quantitative estimate of drug-likeness (QED) is 0.208. The molecule has 2 N–H and O–H groups in total. The molecule has 7 rings (SSSR count). The van der Waals surface area contributed by atoms with Crippen molar-refractivity contribution in [2.75, 3.05) is 57.9 Å². The van der Waals surface area contributed by atoms with Crippen LogP contribution >= 0.6 is 0 Å². The number of fused-ring (bicyclic) bond motifs is 4. The van der Waals surface area contributed by atoms with Gasteiger partial charge >= 0.3 is 0 Å². The summed E-state index contributed by atoms with van der Waals surface area (Å²) in [6.07, 6.45) is 12.9. The Labute approximate surface area is 271 Å². The number of benzene rings is 2. The summed E-state index contributed by atoms with van der Waals surface area (Å²) in [5, 5.41) is 13.6. The lowest BCUT2D eigenvalue weighted by atomic mass is 9.95. The van der Waals surface area contributed by atoms with Gasteiger partial charge in [-0.2, -0.15) is 4.99 Å². The number of nitrogens with one attached hydrogen (secondary N) is 1. The van der Waals surface area contributed by atoms with E-state index in [2.05, 4.69) is 83.3 Å². The second-order valence-electron chi connectivity index (χ2n) is 13.7. The number of ether oxygens (including phenoxy) is 1. The van der Waals surface area contributed by atoms with E-state index in [0.717, 1.165) is 65.0 Å². The lowest BCUT2D eigenvalue weighted by Gasteiger charge is -2.39. The van der Waals surface area contributed by atoms with Crippen LogP contribution < -0.4 is 10.2 Å². The molecule has 0 aliphatic carbocycles. The van der Waals surface area contributed by atoms with Gasteiger partial charge in [0.2, 0.25) is 5.88 Å². The van der Waals surface area contributed by atoms with Crippen LogP contribution in [0.2, 0.25) is 0 Å². The lowest BCUT2D eigenvalue weighted by molar-refractivity contribution is 0.0716. The molecule has 4 saturated heterocycles. The van der Waals surface area contributed by atoms with Crippen molar-refractivity contribution in [2.24, 2.45) is 4.99 Å². The SMILES string of the molecule is CC/C=C(/N=C(\C1=C(C)CN(c2cccc3cccc(CC)c23)CC1)N1CC2CCC(C1)N2)OCC12CCCN1CCC2.CO. The molecule has 5 aliphatic heterocycles. The van der Waals surface area contributed by atoms with Gasteiger partial charge in [-0.15, -0.1) is 0 Å². The summed E-state index contributed by atoms with van der Waals surface area (Å²) in [6.45, 7) is 14.1. The molecule has 2 bridgehead atoms. The first-order valence-electron chi connectivity index (χ1n) is 17.6. The van der Waals surface area contributed by atoms with E-state index in [-0.39, 0.29) is 5.54 Å². The fourth-order valence-corrected chi connectivity index (χ4v) is 8.77. The Morgan fingerprint density at radius 3 is 2.40 bits per heavy atom. The normalized spacial score (nSPS) is 25.1. The Kier molecular flexibility index (Phi) is 10.2. The van der Waals surface area contributed by atoms with Crippen molar-refractivity contribution in [3.8, 4) is 0 Å². The van der Waals surface area contributed by atoms with Crippen LogP contribution in [0, 0.1) is 0 Å². The number of amidine groups is 1. The zero-order valence-electron chi connectivity index (χ0n) is 28.2. The number of aliphatic hydroxyl groups is 1. The number of likely N-dealkylation sites (tertiary alicyclic amines) is 1. The Morgan fingerprint density at radius 2 is 1.73 bits per heavy atom. The van der Waals surface area contributed by atoms with Crippen molar-refractivity contribution in [3.05, 3.63) is 65.1 Å². The summed E-state index contributed by atoms with van der Waals surface area (Å²) in [5.41, 5.74) is 5.91. The van der Waals surface area contributed by atoms with E-state index in [1.54, 1.807) is 0 Å². The molecule has 5 heterocycles. The van der Waals surface area contributed by atoms with E-state index in [1.807, 2.05) is 0 Å². The van der Waals surface area contributed by atoms with Gasteiger partial charge in [0.1, 0.15) is 12.4 Å². The molecule has 2 atom stereocenters. The zero-order chi connectivity index (χ0) is 31.4. The van der Waals surface area contributed by atoms with Gasteiger partial charge in [0.25, 0.3) is 0 Å². The third-order valence-corrected chi connectivity index (χ3v) is 10.9. The van der Waals surface area contributed by atoms with Gasteiger partial charge in [0, 0.05) is 56.4 Å². The summed E-state index contributed by atoms with van der Waals surface area (Å²) < 4.78 is 6.71.